The Morgan fingerprint density at radius 3 is 2.79 bits per heavy atom. The van der Waals surface area contributed by atoms with Gasteiger partial charge in [0, 0.05) is 34.9 Å². The van der Waals surface area contributed by atoms with Crippen LogP contribution in [0.5, 0.6) is 0 Å². The molecule has 4 heterocycles. The molecule has 1 unspecified atom stereocenters. The Hall–Kier alpha value is -2.97. The molecule has 0 spiro atoms. The van der Waals surface area contributed by atoms with Crippen LogP contribution in [0.25, 0.3) is 22.0 Å². The normalized spacial score (nSPS) is 11.9. The van der Waals surface area contributed by atoms with Gasteiger partial charge in [-0.1, -0.05) is 6.07 Å². The molecule has 0 aromatic carbocycles. The van der Waals surface area contributed by atoms with Gasteiger partial charge in [0.1, 0.15) is 10.0 Å². The molecule has 0 aliphatic rings. The van der Waals surface area contributed by atoms with E-state index in [0.717, 1.165) is 32.7 Å². The Bertz CT molecular complexity index is 1060. The first kappa shape index (κ1) is 18.4. The minimum absolute atomic E-state index is 0.0801. The van der Waals surface area contributed by atoms with E-state index in [1.807, 2.05) is 48.0 Å². The fourth-order valence-electron chi connectivity index (χ4n) is 2.65. The number of nitrogens with one attached hydrogen (secondary N) is 1. The lowest BCUT2D eigenvalue weighted by Crippen LogP contribution is -2.28. The Labute approximate surface area is 170 Å². The minimum atomic E-state index is -0.170. The van der Waals surface area contributed by atoms with Crippen molar-refractivity contribution in [3.05, 3.63) is 70.4 Å². The topological polar surface area (TPSA) is 80.7 Å². The van der Waals surface area contributed by atoms with Gasteiger partial charge in [0.15, 0.2) is 0 Å². The van der Waals surface area contributed by atoms with Crippen molar-refractivity contribution < 1.29 is 4.79 Å². The molecule has 0 aliphatic heterocycles. The number of hydrogen-bond acceptors (Lipinski definition) is 7. The molecule has 0 bridgehead atoms. The number of nitrogens with zero attached hydrogens (tertiary/aromatic N) is 4. The van der Waals surface area contributed by atoms with Crippen molar-refractivity contribution in [2.45, 2.75) is 19.4 Å². The number of carbonyl (C=O) groups is 1. The van der Waals surface area contributed by atoms with Crippen LogP contribution in [-0.2, 0) is 11.2 Å². The molecule has 4 aromatic rings. The molecule has 140 valence electrons. The average molecular weight is 408 g/mol. The highest BCUT2D eigenvalue weighted by Crippen LogP contribution is 2.25. The van der Waals surface area contributed by atoms with E-state index in [4.69, 9.17) is 0 Å². The predicted molar refractivity (Wildman–Crippen MR) is 111 cm³/mol. The summed E-state index contributed by atoms with van der Waals surface area (Å²) in [5.74, 6) is -0.0801. The van der Waals surface area contributed by atoms with Gasteiger partial charge in [-0.2, -0.15) is 0 Å². The lowest BCUT2D eigenvalue weighted by atomic mass is 10.2. The summed E-state index contributed by atoms with van der Waals surface area (Å²) in [4.78, 5) is 30.0. The summed E-state index contributed by atoms with van der Waals surface area (Å²) in [6, 6.07) is 9.38. The van der Waals surface area contributed by atoms with Gasteiger partial charge in [0.25, 0.3) is 0 Å². The van der Waals surface area contributed by atoms with E-state index >= 15 is 0 Å². The Morgan fingerprint density at radius 1 is 1.07 bits per heavy atom. The maximum atomic E-state index is 12.4. The van der Waals surface area contributed by atoms with Crippen LogP contribution in [0, 0.1) is 0 Å². The van der Waals surface area contributed by atoms with Gasteiger partial charge in [-0.15, -0.1) is 22.7 Å². The number of rotatable bonds is 6. The van der Waals surface area contributed by atoms with E-state index in [9.17, 15) is 4.79 Å². The van der Waals surface area contributed by atoms with Gasteiger partial charge in [0.2, 0.25) is 5.91 Å². The first-order valence-corrected chi connectivity index (χ1v) is 10.5. The molecule has 6 nitrogen and oxygen atoms in total. The molecule has 4 aromatic heterocycles. The fourth-order valence-corrected chi connectivity index (χ4v) is 4.28. The SMILES string of the molecule is CC(NC(=O)Cc1csc(-c2ccccn2)n1)c1nc(-c2cccnc2)cs1. The third kappa shape index (κ3) is 4.29. The highest BCUT2D eigenvalue weighted by atomic mass is 32.1. The molecular formula is C20H17N5OS2. The van der Waals surface area contributed by atoms with Gasteiger partial charge in [-0.05, 0) is 31.2 Å². The van der Waals surface area contributed by atoms with Crippen LogP contribution in [0.1, 0.15) is 23.7 Å². The number of amides is 1. The quantitative estimate of drug-likeness (QED) is 0.519. The van der Waals surface area contributed by atoms with Crippen molar-refractivity contribution in [3.63, 3.8) is 0 Å². The molecule has 0 fully saturated rings. The molecular weight excluding hydrogens is 390 g/mol. The Kier molecular flexibility index (Phi) is 5.50. The first-order valence-electron chi connectivity index (χ1n) is 8.70. The molecule has 1 amide bonds. The summed E-state index contributed by atoms with van der Waals surface area (Å²) in [6.07, 6.45) is 5.48. The smallest absolute Gasteiger partial charge is 0.226 e. The number of pyridine rings is 2. The first-order chi connectivity index (χ1) is 13.7. The van der Waals surface area contributed by atoms with Gasteiger partial charge < -0.3 is 5.32 Å². The highest BCUT2D eigenvalue weighted by Gasteiger charge is 2.16. The second-order valence-corrected chi connectivity index (χ2v) is 7.89. The summed E-state index contributed by atoms with van der Waals surface area (Å²) in [5, 5.41) is 8.56. The van der Waals surface area contributed by atoms with Crippen LogP contribution in [0.15, 0.2) is 59.7 Å². The van der Waals surface area contributed by atoms with E-state index in [2.05, 4.69) is 25.3 Å². The van der Waals surface area contributed by atoms with Gasteiger partial charge in [-0.25, -0.2) is 9.97 Å². The van der Waals surface area contributed by atoms with Gasteiger partial charge in [0.05, 0.1) is 29.5 Å². The maximum absolute atomic E-state index is 12.4. The van der Waals surface area contributed by atoms with Crippen molar-refractivity contribution in [1.29, 1.82) is 0 Å². The van der Waals surface area contributed by atoms with E-state index in [1.165, 1.54) is 22.7 Å². The van der Waals surface area contributed by atoms with Crippen molar-refractivity contribution in [1.82, 2.24) is 25.3 Å². The summed E-state index contributed by atoms with van der Waals surface area (Å²) in [6.45, 7) is 1.93. The molecule has 8 heteroatoms. The summed E-state index contributed by atoms with van der Waals surface area (Å²) >= 11 is 3.02. The van der Waals surface area contributed by atoms with Crippen LogP contribution < -0.4 is 5.32 Å². The molecule has 0 saturated carbocycles. The largest absolute Gasteiger partial charge is 0.347 e. The Balaban J connectivity index is 1.38. The summed E-state index contributed by atoms with van der Waals surface area (Å²) in [5.41, 5.74) is 3.39. The standard InChI is InChI=1S/C20H17N5OS2/c1-13(19-25-17(12-28-19)14-5-4-7-21-10-14)23-18(26)9-15-11-27-20(24-15)16-6-2-3-8-22-16/h2-8,10-13H,9H2,1H3,(H,23,26). The third-order valence-corrected chi connectivity index (χ3v) is 5.95. The van der Waals surface area contributed by atoms with Crippen molar-refractivity contribution in [3.8, 4) is 22.0 Å². The second-order valence-electron chi connectivity index (χ2n) is 6.14. The lowest BCUT2D eigenvalue weighted by Gasteiger charge is -2.10. The third-order valence-electron chi connectivity index (χ3n) is 4.00. The lowest BCUT2D eigenvalue weighted by molar-refractivity contribution is -0.121. The van der Waals surface area contributed by atoms with E-state index in [1.54, 1.807) is 18.6 Å². The predicted octanol–water partition coefficient (Wildman–Crippen LogP) is 4.14. The zero-order chi connectivity index (χ0) is 19.3. The second kappa shape index (κ2) is 8.37. The van der Waals surface area contributed by atoms with Crippen LogP contribution in [0.4, 0.5) is 0 Å². The summed E-state index contributed by atoms with van der Waals surface area (Å²) < 4.78 is 0. The van der Waals surface area contributed by atoms with E-state index in [-0.39, 0.29) is 18.4 Å². The van der Waals surface area contributed by atoms with Crippen LogP contribution in [0.3, 0.4) is 0 Å². The van der Waals surface area contributed by atoms with Crippen molar-refractivity contribution >= 4 is 28.6 Å². The molecule has 0 saturated heterocycles. The van der Waals surface area contributed by atoms with Crippen LogP contribution >= 0.6 is 22.7 Å². The molecule has 28 heavy (non-hydrogen) atoms. The maximum Gasteiger partial charge on any atom is 0.226 e. The van der Waals surface area contributed by atoms with E-state index in [0.29, 0.717) is 0 Å². The zero-order valence-electron chi connectivity index (χ0n) is 15.1. The van der Waals surface area contributed by atoms with Crippen molar-refractivity contribution in [2.24, 2.45) is 0 Å². The van der Waals surface area contributed by atoms with Gasteiger partial charge in [-0.3, -0.25) is 14.8 Å². The Morgan fingerprint density at radius 2 is 2.00 bits per heavy atom. The van der Waals surface area contributed by atoms with Gasteiger partial charge >= 0.3 is 0 Å². The monoisotopic (exact) mass is 407 g/mol. The average Bonchev–Trinajstić information content (AvgIpc) is 3.39. The molecule has 0 radical (unpaired) electrons. The molecule has 1 atom stereocenters. The minimum Gasteiger partial charge on any atom is -0.347 e. The number of thiazole rings is 2. The molecule has 1 N–H and O–H groups in total. The van der Waals surface area contributed by atoms with Crippen molar-refractivity contribution in [2.75, 3.05) is 0 Å². The van der Waals surface area contributed by atoms with Crippen LogP contribution in [0.2, 0.25) is 0 Å². The number of hydrogen-bond donors (Lipinski definition) is 1. The zero-order valence-corrected chi connectivity index (χ0v) is 16.7. The van der Waals surface area contributed by atoms with Crippen LogP contribution in [-0.4, -0.2) is 25.8 Å². The number of carbonyl (C=O) groups excluding carboxylic acids is 1. The summed E-state index contributed by atoms with van der Waals surface area (Å²) in [7, 11) is 0. The fraction of sp³-hybridized carbons (Fsp3) is 0.150. The molecule has 4 rings (SSSR count). The number of aromatic nitrogens is 4. The molecule has 0 aliphatic carbocycles. The van der Waals surface area contributed by atoms with E-state index < -0.39 is 0 Å². The highest BCUT2D eigenvalue weighted by molar-refractivity contribution is 7.13.